The van der Waals surface area contributed by atoms with E-state index in [-0.39, 0.29) is 0 Å². The van der Waals surface area contributed by atoms with Crippen molar-refractivity contribution in [3.05, 3.63) is 0 Å². The fourth-order valence-corrected chi connectivity index (χ4v) is 0.300. The molecule has 0 aromatic rings. The van der Waals surface area contributed by atoms with Crippen LogP contribution in [-0.2, 0) is 4.57 Å². The summed E-state index contributed by atoms with van der Waals surface area (Å²) in [6.07, 6.45) is -1.83. The molecule has 0 heterocycles. The van der Waals surface area contributed by atoms with E-state index in [0.29, 0.717) is 0 Å². The first kappa shape index (κ1) is 22.4. The van der Waals surface area contributed by atoms with Gasteiger partial charge < -0.3 is 45.3 Å². The van der Waals surface area contributed by atoms with Gasteiger partial charge in [0.05, 0.1) is 31.8 Å². The Bertz CT molecular complexity index is 214. The van der Waals surface area contributed by atoms with Crippen molar-refractivity contribution in [1.82, 2.24) is 0 Å². The Morgan fingerprint density at radius 3 is 0.944 bits per heavy atom. The van der Waals surface area contributed by atoms with Crippen LogP contribution in [0.1, 0.15) is 0 Å². The summed E-state index contributed by atoms with van der Waals surface area (Å²) in [7, 11) is -4.64. The van der Waals surface area contributed by atoms with Gasteiger partial charge in [0.1, 0.15) is 0 Å². The lowest BCUT2D eigenvalue weighted by atomic mass is 9.93. The van der Waals surface area contributed by atoms with Gasteiger partial charge in [-0.2, -0.15) is 0 Å². The SMILES string of the molecule is O=C(O)O.O=P(O)(O)O.OCC(CO)(CO)CO. The summed E-state index contributed by atoms with van der Waals surface area (Å²) in [6, 6.07) is 0. The van der Waals surface area contributed by atoms with E-state index in [1.165, 1.54) is 0 Å². The van der Waals surface area contributed by atoms with Crippen molar-refractivity contribution in [2.24, 2.45) is 5.41 Å². The van der Waals surface area contributed by atoms with Crippen molar-refractivity contribution in [2.45, 2.75) is 0 Å². The third-order valence-corrected chi connectivity index (χ3v) is 1.34. The fraction of sp³-hybridized carbons (Fsp3) is 0.833. The van der Waals surface area contributed by atoms with Crippen LogP contribution in [0.25, 0.3) is 0 Å². The lowest BCUT2D eigenvalue weighted by Gasteiger charge is -2.23. The standard InChI is InChI=1S/C5H12O4.CH2O3.H3O4P/c6-1-5(2-7,3-8)4-9;2-1(3)4;1-5(2,3)4/h6-9H,1-4H2;(H2,2,3,4);(H3,1,2,3,4). The molecule has 0 fully saturated rings. The van der Waals surface area contributed by atoms with Gasteiger partial charge in [-0.25, -0.2) is 9.36 Å². The van der Waals surface area contributed by atoms with Crippen LogP contribution >= 0.6 is 7.82 Å². The Morgan fingerprint density at radius 1 is 0.833 bits per heavy atom. The van der Waals surface area contributed by atoms with Gasteiger partial charge in [0.2, 0.25) is 0 Å². The second-order valence-corrected chi connectivity index (χ2v) is 3.95. The molecule has 0 saturated carbocycles. The molecular weight excluding hydrogens is 279 g/mol. The third kappa shape index (κ3) is 24.4. The summed E-state index contributed by atoms with van der Waals surface area (Å²) in [5, 5.41) is 47.9. The first-order valence-electron chi connectivity index (χ1n) is 4.11. The average molecular weight is 296 g/mol. The average Bonchev–Trinajstić information content (AvgIpc) is 2.19. The number of hydrogen-bond acceptors (Lipinski definition) is 6. The zero-order chi connectivity index (χ0) is 15.4. The molecule has 0 rings (SSSR count). The third-order valence-electron chi connectivity index (χ3n) is 1.34. The fourth-order valence-electron chi connectivity index (χ4n) is 0.300. The molecule has 0 unspecified atom stereocenters. The van der Waals surface area contributed by atoms with Gasteiger partial charge in [-0.3, -0.25) is 0 Å². The van der Waals surface area contributed by atoms with Gasteiger partial charge >= 0.3 is 14.0 Å². The summed E-state index contributed by atoms with van der Waals surface area (Å²) in [6.45, 7) is -1.62. The predicted molar refractivity (Wildman–Crippen MR) is 55.7 cm³/mol. The van der Waals surface area contributed by atoms with E-state index in [4.69, 9.17) is 54.7 Å². The molecule has 9 N–H and O–H groups in total. The van der Waals surface area contributed by atoms with E-state index < -0.39 is 45.8 Å². The molecule has 11 nitrogen and oxygen atoms in total. The molecule has 112 valence electrons. The van der Waals surface area contributed by atoms with Gasteiger partial charge in [-0.1, -0.05) is 0 Å². The highest BCUT2D eigenvalue weighted by atomic mass is 31.2. The van der Waals surface area contributed by atoms with Crippen molar-refractivity contribution in [2.75, 3.05) is 26.4 Å². The van der Waals surface area contributed by atoms with Crippen molar-refractivity contribution in [1.29, 1.82) is 0 Å². The lowest BCUT2D eigenvalue weighted by molar-refractivity contribution is -0.0328. The predicted octanol–water partition coefficient (Wildman–Crippen LogP) is -2.76. The molecule has 0 aliphatic heterocycles. The van der Waals surface area contributed by atoms with E-state index in [0.717, 1.165) is 0 Å². The second-order valence-electron chi connectivity index (χ2n) is 2.93. The topological polar surface area (TPSA) is 216 Å². The quantitative estimate of drug-likeness (QED) is 0.242. The second kappa shape index (κ2) is 11.3. The maximum atomic E-state index is 8.88. The minimum atomic E-state index is -4.64. The van der Waals surface area contributed by atoms with Gasteiger partial charge in [0, 0.05) is 0 Å². The first-order chi connectivity index (χ1) is 7.97. The van der Waals surface area contributed by atoms with Crippen LogP contribution in [-0.4, -0.2) is 77.9 Å². The molecule has 0 aliphatic rings. The summed E-state index contributed by atoms with van der Waals surface area (Å²) in [5.41, 5.74) is -1.11. The van der Waals surface area contributed by atoms with E-state index in [1.807, 2.05) is 0 Å². The van der Waals surface area contributed by atoms with E-state index in [1.54, 1.807) is 0 Å². The number of aliphatic hydroxyl groups is 4. The molecule has 12 heteroatoms. The zero-order valence-electron chi connectivity index (χ0n) is 9.12. The molecule has 0 spiro atoms. The first-order valence-corrected chi connectivity index (χ1v) is 5.68. The largest absolute Gasteiger partial charge is 0.503 e. The Balaban J connectivity index is -0.000000212. The van der Waals surface area contributed by atoms with Crippen LogP contribution in [0, 0.1) is 5.41 Å². The van der Waals surface area contributed by atoms with Crippen LogP contribution in [0.5, 0.6) is 0 Å². The van der Waals surface area contributed by atoms with Gasteiger partial charge in [-0.05, 0) is 0 Å². The minimum absolute atomic E-state index is 0.406. The Kier molecular flexibility index (Phi) is 14.1. The van der Waals surface area contributed by atoms with Crippen LogP contribution in [0.4, 0.5) is 4.79 Å². The van der Waals surface area contributed by atoms with Crippen LogP contribution in [0.2, 0.25) is 0 Å². The van der Waals surface area contributed by atoms with Crippen LogP contribution < -0.4 is 0 Å². The highest BCUT2D eigenvalue weighted by Crippen LogP contribution is 2.25. The summed E-state index contributed by atoms with van der Waals surface area (Å²) < 4.78 is 8.88. The van der Waals surface area contributed by atoms with Gasteiger partial charge in [-0.15, -0.1) is 0 Å². The molecule has 0 bridgehead atoms. The summed E-state index contributed by atoms with van der Waals surface area (Å²) in [4.78, 5) is 30.1. The molecule has 18 heavy (non-hydrogen) atoms. The molecule has 0 radical (unpaired) electrons. The van der Waals surface area contributed by atoms with E-state index in [9.17, 15) is 0 Å². The molecular formula is C6H17O11P. The molecule has 0 aliphatic carbocycles. The van der Waals surface area contributed by atoms with Crippen LogP contribution in [0.3, 0.4) is 0 Å². The normalized spacial score (nSPS) is 10.6. The highest BCUT2D eigenvalue weighted by molar-refractivity contribution is 7.45. The molecule has 0 atom stereocenters. The van der Waals surface area contributed by atoms with Gasteiger partial charge in [0.25, 0.3) is 0 Å². The minimum Gasteiger partial charge on any atom is -0.450 e. The molecule has 0 amide bonds. The Morgan fingerprint density at radius 2 is 0.944 bits per heavy atom. The number of carbonyl (C=O) groups is 1. The highest BCUT2D eigenvalue weighted by Gasteiger charge is 2.26. The van der Waals surface area contributed by atoms with Gasteiger partial charge in [0.15, 0.2) is 0 Å². The molecule has 0 aromatic heterocycles. The Hall–Kier alpha value is -0.780. The number of aliphatic hydroxyl groups excluding tert-OH is 4. The number of phosphoric acid groups is 1. The smallest absolute Gasteiger partial charge is 0.450 e. The van der Waals surface area contributed by atoms with Crippen molar-refractivity contribution >= 4 is 14.0 Å². The monoisotopic (exact) mass is 296 g/mol. The maximum Gasteiger partial charge on any atom is 0.503 e. The zero-order valence-corrected chi connectivity index (χ0v) is 10.0. The molecule has 0 saturated heterocycles. The number of hydrogen-bond donors (Lipinski definition) is 9. The van der Waals surface area contributed by atoms with Crippen LogP contribution in [0.15, 0.2) is 0 Å². The van der Waals surface area contributed by atoms with Crippen molar-refractivity contribution < 1.29 is 54.7 Å². The van der Waals surface area contributed by atoms with E-state index in [2.05, 4.69) is 0 Å². The summed E-state index contributed by atoms with van der Waals surface area (Å²) >= 11 is 0. The number of rotatable bonds is 4. The van der Waals surface area contributed by atoms with Crippen molar-refractivity contribution in [3.63, 3.8) is 0 Å². The lowest BCUT2D eigenvalue weighted by Crippen LogP contribution is -2.37. The number of carboxylic acid groups (broad SMARTS) is 2. The molecule has 0 aromatic carbocycles. The Labute approximate surface area is 101 Å². The van der Waals surface area contributed by atoms with Crippen molar-refractivity contribution in [3.8, 4) is 0 Å². The summed E-state index contributed by atoms with van der Waals surface area (Å²) in [5.74, 6) is 0. The van der Waals surface area contributed by atoms with E-state index >= 15 is 0 Å². The maximum absolute atomic E-state index is 8.88.